The minimum atomic E-state index is -0.838. The second-order valence-electron chi connectivity index (χ2n) is 5.41. The van der Waals surface area contributed by atoms with E-state index >= 15 is 0 Å². The van der Waals surface area contributed by atoms with Gasteiger partial charge in [-0.2, -0.15) is 0 Å². The standard InChI is InChI=1S/C14H16BrFN2O3/c1-14(12(19)20)4-6-18(7-5-14)13(21)17-11-8-9(16)2-3-10(11)15/h2-3,8H,4-7H2,1H3,(H,17,21)(H,19,20). The number of halogens is 2. The lowest BCUT2D eigenvalue weighted by atomic mass is 9.80. The summed E-state index contributed by atoms with van der Waals surface area (Å²) in [5.41, 5.74) is -0.428. The number of amides is 2. The van der Waals surface area contributed by atoms with Gasteiger partial charge in [-0.25, -0.2) is 9.18 Å². The average Bonchev–Trinajstić information content (AvgIpc) is 2.43. The number of anilines is 1. The van der Waals surface area contributed by atoms with Crippen LogP contribution in [0.1, 0.15) is 19.8 Å². The number of nitrogens with zero attached hydrogens (tertiary/aromatic N) is 1. The molecule has 1 heterocycles. The van der Waals surface area contributed by atoms with Crippen LogP contribution in [0, 0.1) is 11.2 Å². The van der Waals surface area contributed by atoms with Crippen LogP contribution in [0.2, 0.25) is 0 Å². The second kappa shape index (κ2) is 6.01. The van der Waals surface area contributed by atoms with E-state index in [1.54, 1.807) is 11.8 Å². The molecule has 0 unspecified atom stereocenters. The van der Waals surface area contributed by atoms with Crippen molar-refractivity contribution in [3.63, 3.8) is 0 Å². The number of aliphatic carboxylic acids is 1. The molecule has 7 heteroatoms. The first-order chi connectivity index (χ1) is 9.82. The number of piperidine rings is 1. The summed E-state index contributed by atoms with van der Waals surface area (Å²) in [6, 6.07) is 3.68. The Morgan fingerprint density at radius 1 is 1.38 bits per heavy atom. The Kier molecular flexibility index (Phi) is 4.51. The van der Waals surface area contributed by atoms with E-state index < -0.39 is 17.2 Å². The number of carbonyl (C=O) groups excluding carboxylic acids is 1. The predicted molar refractivity (Wildman–Crippen MR) is 79.7 cm³/mol. The summed E-state index contributed by atoms with van der Waals surface area (Å²) in [4.78, 5) is 24.8. The Labute approximate surface area is 130 Å². The second-order valence-corrected chi connectivity index (χ2v) is 6.26. The molecule has 1 saturated heterocycles. The third-order valence-electron chi connectivity index (χ3n) is 3.84. The first-order valence-corrected chi connectivity index (χ1v) is 7.35. The van der Waals surface area contributed by atoms with Crippen LogP contribution in [0.15, 0.2) is 22.7 Å². The number of hydrogen-bond acceptors (Lipinski definition) is 2. The number of hydrogen-bond donors (Lipinski definition) is 2. The highest BCUT2D eigenvalue weighted by Crippen LogP contribution is 2.31. The molecule has 5 nitrogen and oxygen atoms in total. The minimum absolute atomic E-state index is 0.353. The molecule has 0 saturated carbocycles. The van der Waals surface area contributed by atoms with Gasteiger partial charge in [-0.3, -0.25) is 4.79 Å². The fraction of sp³-hybridized carbons (Fsp3) is 0.429. The van der Waals surface area contributed by atoms with Crippen LogP contribution < -0.4 is 5.32 Å². The van der Waals surface area contributed by atoms with Crippen LogP contribution in [0.5, 0.6) is 0 Å². The highest BCUT2D eigenvalue weighted by molar-refractivity contribution is 9.10. The zero-order valence-corrected chi connectivity index (χ0v) is 13.1. The quantitative estimate of drug-likeness (QED) is 0.851. The first-order valence-electron chi connectivity index (χ1n) is 6.56. The molecule has 2 amide bonds. The number of nitrogens with one attached hydrogen (secondary N) is 1. The number of benzene rings is 1. The zero-order valence-electron chi connectivity index (χ0n) is 11.5. The number of carboxylic acids is 1. The SMILES string of the molecule is CC1(C(=O)O)CCN(C(=O)Nc2cc(F)ccc2Br)CC1. The van der Waals surface area contributed by atoms with Crippen LogP contribution in [-0.4, -0.2) is 35.1 Å². The minimum Gasteiger partial charge on any atom is -0.481 e. The maximum absolute atomic E-state index is 13.2. The van der Waals surface area contributed by atoms with Gasteiger partial charge in [0.1, 0.15) is 5.82 Å². The van der Waals surface area contributed by atoms with Gasteiger partial charge in [-0.1, -0.05) is 0 Å². The summed E-state index contributed by atoms with van der Waals surface area (Å²) in [6.07, 6.45) is 0.806. The van der Waals surface area contributed by atoms with Gasteiger partial charge >= 0.3 is 12.0 Å². The van der Waals surface area contributed by atoms with Crippen LogP contribution >= 0.6 is 15.9 Å². The first kappa shape index (κ1) is 15.8. The maximum Gasteiger partial charge on any atom is 0.321 e. The van der Waals surface area contributed by atoms with Gasteiger partial charge < -0.3 is 15.3 Å². The van der Waals surface area contributed by atoms with Gasteiger partial charge in [0.25, 0.3) is 0 Å². The Morgan fingerprint density at radius 3 is 2.57 bits per heavy atom. The summed E-state index contributed by atoms with van der Waals surface area (Å²) >= 11 is 3.24. The Bertz CT molecular complexity index is 571. The van der Waals surface area contributed by atoms with E-state index in [4.69, 9.17) is 5.11 Å². The van der Waals surface area contributed by atoms with E-state index in [1.165, 1.54) is 18.2 Å². The molecule has 114 valence electrons. The van der Waals surface area contributed by atoms with E-state index in [-0.39, 0.29) is 6.03 Å². The lowest BCUT2D eigenvalue weighted by Gasteiger charge is -2.36. The van der Waals surface area contributed by atoms with Gasteiger partial charge in [0.2, 0.25) is 0 Å². The molecular formula is C14H16BrFN2O3. The van der Waals surface area contributed by atoms with Crippen LogP contribution in [0.3, 0.4) is 0 Å². The molecule has 0 aliphatic carbocycles. The normalized spacial score (nSPS) is 17.4. The van der Waals surface area contributed by atoms with E-state index in [1.807, 2.05) is 0 Å². The van der Waals surface area contributed by atoms with Gasteiger partial charge in [0.15, 0.2) is 0 Å². The highest BCUT2D eigenvalue weighted by Gasteiger charge is 2.38. The molecule has 1 aliphatic rings. The molecule has 0 bridgehead atoms. The van der Waals surface area contributed by atoms with E-state index in [2.05, 4.69) is 21.2 Å². The summed E-state index contributed by atoms with van der Waals surface area (Å²) in [5.74, 6) is -1.28. The smallest absolute Gasteiger partial charge is 0.321 e. The largest absolute Gasteiger partial charge is 0.481 e. The Morgan fingerprint density at radius 2 is 2.00 bits per heavy atom. The maximum atomic E-state index is 13.2. The van der Waals surface area contributed by atoms with Crippen molar-refractivity contribution in [2.45, 2.75) is 19.8 Å². The van der Waals surface area contributed by atoms with Crippen molar-refractivity contribution >= 4 is 33.6 Å². The fourth-order valence-electron chi connectivity index (χ4n) is 2.20. The van der Waals surface area contributed by atoms with Gasteiger partial charge in [-0.05, 0) is 53.9 Å². The summed E-state index contributed by atoms with van der Waals surface area (Å²) in [5, 5.41) is 11.8. The number of carboxylic acid groups (broad SMARTS) is 1. The van der Waals surface area contributed by atoms with Crippen LogP contribution in [-0.2, 0) is 4.79 Å². The fourth-order valence-corrected chi connectivity index (χ4v) is 2.55. The molecule has 2 N–H and O–H groups in total. The molecule has 0 atom stereocenters. The molecule has 1 aromatic rings. The van der Waals surface area contributed by atoms with Crippen molar-refractivity contribution in [1.82, 2.24) is 4.90 Å². The molecule has 21 heavy (non-hydrogen) atoms. The molecular weight excluding hydrogens is 343 g/mol. The molecule has 2 rings (SSSR count). The Hall–Kier alpha value is -1.63. The molecule has 1 aromatic carbocycles. The van der Waals surface area contributed by atoms with E-state index in [9.17, 15) is 14.0 Å². The zero-order chi connectivity index (χ0) is 15.6. The lowest BCUT2D eigenvalue weighted by Crippen LogP contribution is -2.46. The number of urea groups is 1. The van der Waals surface area contributed by atoms with Crippen molar-refractivity contribution in [3.8, 4) is 0 Å². The number of likely N-dealkylation sites (tertiary alicyclic amines) is 1. The van der Waals surface area contributed by atoms with Gasteiger partial charge in [0, 0.05) is 17.6 Å². The molecule has 1 aliphatic heterocycles. The lowest BCUT2D eigenvalue weighted by molar-refractivity contribution is -0.150. The van der Waals surface area contributed by atoms with Crippen molar-refractivity contribution in [2.24, 2.45) is 5.41 Å². The summed E-state index contributed by atoms with van der Waals surface area (Å²) in [6.45, 7) is 2.41. The van der Waals surface area contributed by atoms with E-state index in [0.29, 0.717) is 36.1 Å². The third kappa shape index (κ3) is 3.53. The molecule has 1 fully saturated rings. The van der Waals surface area contributed by atoms with Gasteiger partial charge in [0.05, 0.1) is 11.1 Å². The summed E-state index contributed by atoms with van der Waals surface area (Å²) < 4.78 is 13.8. The van der Waals surface area contributed by atoms with Gasteiger partial charge in [-0.15, -0.1) is 0 Å². The molecule has 0 radical (unpaired) electrons. The van der Waals surface area contributed by atoms with Crippen LogP contribution in [0.25, 0.3) is 0 Å². The summed E-state index contributed by atoms with van der Waals surface area (Å²) in [7, 11) is 0. The Balaban J connectivity index is 2.00. The van der Waals surface area contributed by atoms with Crippen molar-refractivity contribution in [2.75, 3.05) is 18.4 Å². The number of rotatable bonds is 2. The van der Waals surface area contributed by atoms with E-state index in [0.717, 1.165) is 0 Å². The molecule has 0 aromatic heterocycles. The average molecular weight is 359 g/mol. The monoisotopic (exact) mass is 358 g/mol. The highest BCUT2D eigenvalue weighted by atomic mass is 79.9. The third-order valence-corrected chi connectivity index (χ3v) is 4.53. The van der Waals surface area contributed by atoms with Crippen molar-refractivity contribution < 1.29 is 19.1 Å². The predicted octanol–water partition coefficient (Wildman–Crippen LogP) is 3.31. The molecule has 0 spiro atoms. The van der Waals surface area contributed by atoms with Crippen molar-refractivity contribution in [3.05, 3.63) is 28.5 Å². The van der Waals surface area contributed by atoms with Crippen LogP contribution in [0.4, 0.5) is 14.9 Å². The number of carbonyl (C=O) groups is 2. The van der Waals surface area contributed by atoms with Crippen molar-refractivity contribution in [1.29, 1.82) is 0 Å². The topological polar surface area (TPSA) is 69.6 Å².